The van der Waals surface area contributed by atoms with Gasteiger partial charge in [0.05, 0.1) is 0 Å². The summed E-state index contributed by atoms with van der Waals surface area (Å²) >= 11 is 0. The normalized spacial score (nSPS) is 20.9. The molecular weight excluding hydrogens is 178 g/mol. The molecule has 1 atom stereocenters. The highest BCUT2D eigenvalue weighted by Gasteiger charge is 2.16. The zero-order valence-electron chi connectivity index (χ0n) is 9.18. The van der Waals surface area contributed by atoms with Crippen LogP contribution in [0.25, 0.3) is 0 Å². The second-order valence-corrected chi connectivity index (χ2v) is 3.65. The number of nitrogens with one attached hydrogen (secondary N) is 2. The van der Waals surface area contributed by atoms with Gasteiger partial charge in [0.25, 0.3) is 0 Å². The molecule has 4 heteroatoms. The molecule has 1 aliphatic heterocycles. The van der Waals surface area contributed by atoms with Gasteiger partial charge in [-0.05, 0) is 33.2 Å². The second-order valence-electron chi connectivity index (χ2n) is 3.65. The Morgan fingerprint density at radius 2 is 2.21 bits per heavy atom. The molecule has 1 unspecified atom stereocenters. The molecule has 4 nitrogen and oxygen atoms in total. The Morgan fingerprint density at radius 1 is 1.50 bits per heavy atom. The molecule has 1 saturated heterocycles. The molecule has 0 radical (unpaired) electrons. The Labute approximate surface area is 86.0 Å². The fourth-order valence-electron chi connectivity index (χ4n) is 1.76. The van der Waals surface area contributed by atoms with E-state index in [9.17, 15) is 4.79 Å². The van der Waals surface area contributed by atoms with Crippen molar-refractivity contribution >= 4 is 6.03 Å². The summed E-state index contributed by atoms with van der Waals surface area (Å²) in [7, 11) is 0. The molecule has 82 valence electrons. The smallest absolute Gasteiger partial charge is 0.317 e. The van der Waals surface area contributed by atoms with E-state index in [4.69, 9.17) is 0 Å². The molecule has 1 rings (SSSR count). The first-order chi connectivity index (χ1) is 6.77. The minimum Gasteiger partial charge on any atom is -0.336 e. The Bertz CT molecular complexity index is 174. The van der Waals surface area contributed by atoms with E-state index in [1.807, 2.05) is 13.8 Å². The Balaban J connectivity index is 2.18. The maximum atomic E-state index is 11.5. The first kappa shape index (κ1) is 11.3. The standard InChI is InChI=1S/C10H21N3O/c1-3-13(4-2)10(14)12-8-9-6-5-7-11-9/h9,11H,3-8H2,1-2H3,(H,12,14). The van der Waals surface area contributed by atoms with Crippen molar-refractivity contribution in [2.24, 2.45) is 0 Å². The number of amides is 2. The molecule has 1 fully saturated rings. The Morgan fingerprint density at radius 3 is 2.71 bits per heavy atom. The summed E-state index contributed by atoms with van der Waals surface area (Å²) in [6.45, 7) is 7.40. The van der Waals surface area contributed by atoms with Gasteiger partial charge in [0.2, 0.25) is 0 Å². The molecule has 0 aromatic rings. The summed E-state index contributed by atoms with van der Waals surface area (Å²) in [6.07, 6.45) is 2.41. The van der Waals surface area contributed by atoms with Crippen LogP contribution in [0, 0.1) is 0 Å². The molecule has 0 saturated carbocycles. The van der Waals surface area contributed by atoms with Gasteiger partial charge in [0.15, 0.2) is 0 Å². The van der Waals surface area contributed by atoms with Crippen molar-refractivity contribution < 1.29 is 4.79 Å². The monoisotopic (exact) mass is 199 g/mol. The molecule has 0 spiro atoms. The third-order valence-electron chi connectivity index (χ3n) is 2.71. The fourth-order valence-corrected chi connectivity index (χ4v) is 1.76. The molecule has 2 amide bonds. The van der Waals surface area contributed by atoms with Crippen LogP contribution in [0.2, 0.25) is 0 Å². The maximum Gasteiger partial charge on any atom is 0.317 e. The molecule has 0 bridgehead atoms. The molecule has 0 aliphatic carbocycles. The van der Waals surface area contributed by atoms with E-state index in [2.05, 4.69) is 10.6 Å². The minimum absolute atomic E-state index is 0.0590. The fraction of sp³-hybridized carbons (Fsp3) is 0.900. The number of hydrogen-bond donors (Lipinski definition) is 2. The summed E-state index contributed by atoms with van der Waals surface area (Å²) < 4.78 is 0. The van der Waals surface area contributed by atoms with Crippen LogP contribution in [0.1, 0.15) is 26.7 Å². The van der Waals surface area contributed by atoms with Crippen LogP contribution in [0.3, 0.4) is 0 Å². The van der Waals surface area contributed by atoms with Gasteiger partial charge in [0, 0.05) is 25.7 Å². The van der Waals surface area contributed by atoms with Gasteiger partial charge in [-0.3, -0.25) is 0 Å². The molecule has 0 aromatic heterocycles. The van der Waals surface area contributed by atoms with Gasteiger partial charge >= 0.3 is 6.03 Å². The highest BCUT2D eigenvalue weighted by molar-refractivity contribution is 5.74. The van der Waals surface area contributed by atoms with Crippen LogP contribution in [-0.4, -0.2) is 43.2 Å². The third-order valence-corrected chi connectivity index (χ3v) is 2.71. The van der Waals surface area contributed by atoms with Gasteiger partial charge in [-0.25, -0.2) is 4.79 Å². The lowest BCUT2D eigenvalue weighted by molar-refractivity contribution is 0.202. The van der Waals surface area contributed by atoms with Crippen molar-refractivity contribution in [1.29, 1.82) is 0 Å². The largest absolute Gasteiger partial charge is 0.336 e. The zero-order chi connectivity index (χ0) is 10.4. The lowest BCUT2D eigenvalue weighted by Gasteiger charge is -2.20. The number of carbonyl (C=O) groups is 1. The molecule has 1 aliphatic rings. The topological polar surface area (TPSA) is 44.4 Å². The number of rotatable bonds is 4. The average molecular weight is 199 g/mol. The van der Waals surface area contributed by atoms with Gasteiger partial charge in [0.1, 0.15) is 0 Å². The van der Waals surface area contributed by atoms with Crippen LogP contribution in [-0.2, 0) is 0 Å². The Kier molecular flexibility index (Phi) is 4.73. The lowest BCUT2D eigenvalue weighted by Crippen LogP contribution is -2.44. The quantitative estimate of drug-likeness (QED) is 0.703. The van der Waals surface area contributed by atoms with Gasteiger partial charge < -0.3 is 15.5 Å². The molecular formula is C10H21N3O. The molecule has 2 N–H and O–H groups in total. The van der Waals surface area contributed by atoms with Crippen molar-refractivity contribution in [1.82, 2.24) is 15.5 Å². The van der Waals surface area contributed by atoms with E-state index >= 15 is 0 Å². The summed E-state index contributed by atoms with van der Waals surface area (Å²) in [5.41, 5.74) is 0. The van der Waals surface area contributed by atoms with Crippen LogP contribution < -0.4 is 10.6 Å². The summed E-state index contributed by atoms with van der Waals surface area (Å²) in [5.74, 6) is 0. The van der Waals surface area contributed by atoms with Crippen molar-refractivity contribution in [3.05, 3.63) is 0 Å². The van der Waals surface area contributed by atoms with E-state index in [1.54, 1.807) is 4.90 Å². The highest BCUT2D eigenvalue weighted by Crippen LogP contribution is 2.03. The van der Waals surface area contributed by atoms with Crippen LogP contribution in [0.5, 0.6) is 0 Å². The van der Waals surface area contributed by atoms with E-state index in [-0.39, 0.29) is 6.03 Å². The first-order valence-electron chi connectivity index (χ1n) is 5.54. The summed E-state index contributed by atoms with van der Waals surface area (Å²) in [4.78, 5) is 13.3. The Hall–Kier alpha value is -0.770. The van der Waals surface area contributed by atoms with Crippen molar-refractivity contribution in [2.45, 2.75) is 32.7 Å². The predicted octanol–water partition coefficient (Wildman–Crippen LogP) is 0.790. The van der Waals surface area contributed by atoms with Crippen molar-refractivity contribution in [3.63, 3.8) is 0 Å². The van der Waals surface area contributed by atoms with Gasteiger partial charge in [-0.2, -0.15) is 0 Å². The number of urea groups is 1. The van der Waals surface area contributed by atoms with Crippen molar-refractivity contribution in [3.8, 4) is 0 Å². The zero-order valence-corrected chi connectivity index (χ0v) is 9.18. The van der Waals surface area contributed by atoms with Crippen LogP contribution >= 0.6 is 0 Å². The number of carbonyl (C=O) groups excluding carboxylic acids is 1. The molecule has 0 aromatic carbocycles. The second kappa shape index (κ2) is 5.86. The summed E-state index contributed by atoms with van der Waals surface area (Å²) in [6, 6.07) is 0.540. The minimum atomic E-state index is 0.0590. The number of nitrogens with zero attached hydrogens (tertiary/aromatic N) is 1. The van der Waals surface area contributed by atoms with E-state index in [1.165, 1.54) is 12.8 Å². The number of hydrogen-bond acceptors (Lipinski definition) is 2. The van der Waals surface area contributed by atoms with E-state index in [0.717, 1.165) is 26.2 Å². The lowest BCUT2D eigenvalue weighted by atomic mass is 10.2. The van der Waals surface area contributed by atoms with Gasteiger partial charge in [-0.1, -0.05) is 0 Å². The van der Waals surface area contributed by atoms with Gasteiger partial charge in [-0.15, -0.1) is 0 Å². The van der Waals surface area contributed by atoms with E-state index < -0.39 is 0 Å². The molecule has 14 heavy (non-hydrogen) atoms. The predicted molar refractivity (Wildman–Crippen MR) is 57.3 cm³/mol. The van der Waals surface area contributed by atoms with Crippen LogP contribution in [0.15, 0.2) is 0 Å². The van der Waals surface area contributed by atoms with Crippen molar-refractivity contribution in [2.75, 3.05) is 26.2 Å². The maximum absolute atomic E-state index is 11.5. The average Bonchev–Trinajstić information content (AvgIpc) is 2.69. The highest BCUT2D eigenvalue weighted by atomic mass is 16.2. The third kappa shape index (κ3) is 3.18. The first-order valence-corrected chi connectivity index (χ1v) is 5.54. The summed E-state index contributed by atoms with van der Waals surface area (Å²) in [5, 5.41) is 6.30. The molecule has 1 heterocycles. The SMILES string of the molecule is CCN(CC)C(=O)NCC1CCCN1. The van der Waals surface area contributed by atoms with Crippen LogP contribution in [0.4, 0.5) is 4.79 Å². The van der Waals surface area contributed by atoms with E-state index in [0.29, 0.717) is 6.04 Å².